The molecule has 0 fully saturated rings. The summed E-state index contributed by atoms with van der Waals surface area (Å²) in [5, 5.41) is 14.5. The van der Waals surface area contributed by atoms with Gasteiger partial charge in [0, 0.05) is 24.5 Å². The van der Waals surface area contributed by atoms with Crippen molar-refractivity contribution in [1.29, 1.82) is 0 Å². The second-order valence-corrected chi connectivity index (χ2v) is 5.36. The lowest BCUT2D eigenvalue weighted by Crippen LogP contribution is -2.41. The summed E-state index contributed by atoms with van der Waals surface area (Å²) < 4.78 is 39.2. The minimum absolute atomic E-state index is 0.179. The van der Waals surface area contributed by atoms with E-state index >= 15 is 0 Å². The van der Waals surface area contributed by atoms with Crippen LogP contribution in [-0.4, -0.2) is 44.9 Å². The van der Waals surface area contributed by atoms with Gasteiger partial charge in [-0.15, -0.1) is 0 Å². The van der Waals surface area contributed by atoms with Gasteiger partial charge in [-0.25, -0.2) is 0 Å². The van der Waals surface area contributed by atoms with E-state index in [-0.39, 0.29) is 11.9 Å². The van der Waals surface area contributed by atoms with Crippen molar-refractivity contribution >= 4 is 17.7 Å². The molecule has 9 heteroatoms. The number of amides is 1. The Morgan fingerprint density at radius 3 is 2.65 bits per heavy atom. The molecule has 0 aliphatic carbocycles. The van der Waals surface area contributed by atoms with Crippen LogP contribution in [0, 0.1) is 0 Å². The fraction of sp³-hybridized carbons (Fsp3) is 0.636. The zero-order chi connectivity index (χ0) is 15.5. The van der Waals surface area contributed by atoms with Gasteiger partial charge in [-0.2, -0.15) is 30.0 Å². The smallest absolute Gasteiger partial charge is 0.395 e. The van der Waals surface area contributed by atoms with Crippen LogP contribution in [0.5, 0.6) is 0 Å². The number of carbonyl (C=O) groups is 1. The van der Waals surface area contributed by atoms with E-state index in [4.69, 9.17) is 5.11 Å². The van der Waals surface area contributed by atoms with Crippen LogP contribution >= 0.6 is 11.8 Å². The molecule has 2 N–H and O–H groups in total. The number of aryl methyl sites for hydroxylation is 1. The van der Waals surface area contributed by atoms with E-state index in [2.05, 4.69) is 10.4 Å². The molecule has 0 saturated carbocycles. The minimum atomic E-state index is -4.69. The lowest BCUT2D eigenvalue weighted by atomic mass is 10.2. The van der Waals surface area contributed by atoms with Crippen molar-refractivity contribution in [2.24, 2.45) is 7.05 Å². The summed E-state index contributed by atoms with van der Waals surface area (Å²) in [5.41, 5.74) is -1.74. The average Bonchev–Trinajstić information content (AvgIpc) is 2.72. The molecule has 2 unspecified atom stereocenters. The van der Waals surface area contributed by atoms with Gasteiger partial charge in [-0.1, -0.05) is 0 Å². The molecule has 1 amide bonds. The summed E-state index contributed by atoms with van der Waals surface area (Å²) in [6.07, 6.45) is -1.92. The molecule has 114 valence electrons. The van der Waals surface area contributed by atoms with Crippen molar-refractivity contribution in [3.63, 3.8) is 0 Å². The fourth-order valence-corrected chi connectivity index (χ4v) is 2.30. The molecule has 0 aliphatic heterocycles. The van der Waals surface area contributed by atoms with Crippen molar-refractivity contribution in [2.75, 3.05) is 12.9 Å². The van der Waals surface area contributed by atoms with Gasteiger partial charge in [0.15, 0.2) is 5.69 Å². The normalized spacial score (nSPS) is 14.9. The molecule has 0 aliphatic rings. The van der Waals surface area contributed by atoms with E-state index in [1.807, 2.05) is 0 Å². The number of hydrogen-bond acceptors (Lipinski definition) is 4. The number of aliphatic hydroxyl groups excluding tert-OH is 1. The molecule has 20 heavy (non-hydrogen) atoms. The maximum atomic E-state index is 12.8. The first kappa shape index (κ1) is 16.8. The Bertz CT molecular complexity index is 472. The van der Waals surface area contributed by atoms with Gasteiger partial charge in [0.25, 0.3) is 5.91 Å². The lowest BCUT2D eigenvalue weighted by molar-refractivity contribution is -0.141. The topological polar surface area (TPSA) is 67.2 Å². The van der Waals surface area contributed by atoms with Gasteiger partial charge >= 0.3 is 6.18 Å². The van der Waals surface area contributed by atoms with Crippen LogP contribution in [0.3, 0.4) is 0 Å². The minimum Gasteiger partial charge on any atom is -0.395 e. The van der Waals surface area contributed by atoms with E-state index in [0.717, 1.165) is 10.9 Å². The Balaban J connectivity index is 2.93. The van der Waals surface area contributed by atoms with Gasteiger partial charge in [-0.3, -0.25) is 9.48 Å². The number of hydrogen-bond donors (Lipinski definition) is 2. The van der Waals surface area contributed by atoms with Crippen molar-refractivity contribution in [1.82, 2.24) is 15.1 Å². The van der Waals surface area contributed by atoms with E-state index < -0.39 is 29.4 Å². The summed E-state index contributed by atoms with van der Waals surface area (Å²) in [4.78, 5) is 11.9. The molecule has 1 aromatic heterocycles. The summed E-state index contributed by atoms with van der Waals surface area (Å²) in [5.74, 6) is -0.856. The van der Waals surface area contributed by atoms with Crippen LogP contribution in [-0.2, 0) is 13.2 Å². The molecule has 2 atom stereocenters. The van der Waals surface area contributed by atoms with Crippen molar-refractivity contribution < 1.29 is 23.1 Å². The van der Waals surface area contributed by atoms with E-state index in [1.54, 1.807) is 13.2 Å². The molecule has 0 spiro atoms. The van der Waals surface area contributed by atoms with Gasteiger partial charge in [0.1, 0.15) is 0 Å². The van der Waals surface area contributed by atoms with Gasteiger partial charge in [0.05, 0.1) is 12.2 Å². The Hall–Kier alpha value is -1.22. The number of thioether (sulfide) groups is 1. The molecule has 1 rings (SSSR count). The predicted octanol–water partition coefficient (Wildman–Crippen LogP) is 1.28. The number of rotatable bonds is 5. The van der Waals surface area contributed by atoms with Crippen molar-refractivity contribution in [3.05, 3.63) is 17.5 Å². The summed E-state index contributed by atoms with van der Waals surface area (Å²) in [6, 6.07) is -0.469. The largest absolute Gasteiger partial charge is 0.435 e. The molecule has 1 heterocycles. The molecular formula is C11H16F3N3O2S. The van der Waals surface area contributed by atoms with Crippen molar-refractivity contribution in [2.45, 2.75) is 24.4 Å². The van der Waals surface area contributed by atoms with Crippen LogP contribution in [0.1, 0.15) is 23.0 Å². The third-order valence-corrected chi connectivity index (χ3v) is 3.90. The van der Waals surface area contributed by atoms with Crippen LogP contribution in [0.2, 0.25) is 0 Å². The Kier molecular flexibility index (Phi) is 5.46. The molecule has 0 aromatic carbocycles. The number of nitrogens with one attached hydrogen (secondary N) is 1. The van der Waals surface area contributed by atoms with Gasteiger partial charge in [0.2, 0.25) is 0 Å². The number of nitrogens with zero attached hydrogens (tertiary/aromatic N) is 2. The first-order valence-electron chi connectivity index (χ1n) is 5.76. The standard InChI is InChI=1S/C11H16F3N3O2S/c1-6(8(5-18)20-3)15-10(19)7-4-17(2)16-9(7)11(12,13)14/h4,6,8,18H,5H2,1-3H3,(H,15,19). The van der Waals surface area contributed by atoms with E-state index in [0.29, 0.717) is 0 Å². The highest BCUT2D eigenvalue weighted by Crippen LogP contribution is 2.30. The monoisotopic (exact) mass is 311 g/mol. The van der Waals surface area contributed by atoms with E-state index in [9.17, 15) is 18.0 Å². The summed E-state index contributed by atoms with van der Waals surface area (Å²) in [7, 11) is 1.31. The highest BCUT2D eigenvalue weighted by molar-refractivity contribution is 7.99. The summed E-state index contributed by atoms with van der Waals surface area (Å²) >= 11 is 1.32. The van der Waals surface area contributed by atoms with E-state index in [1.165, 1.54) is 18.8 Å². The second kappa shape index (κ2) is 6.49. The summed E-state index contributed by atoms with van der Waals surface area (Å²) in [6.45, 7) is 1.45. The van der Waals surface area contributed by atoms with Crippen molar-refractivity contribution in [3.8, 4) is 0 Å². The molecule has 1 aromatic rings. The predicted molar refractivity (Wildman–Crippen MR) is 69.5 cm³/mol. The lowest BCUT2D eigenvalue weighted by Gasteiger charge is -2.21. The maximum absolute atomic E-state index is 12.8. The highest BCUT2D eigenvalue weighted by Gasteiger charge is 2.39. The second-order valence-electron chi connectivity index (χ2n) is 4.28. The highest BCUT2D eigenvalue weighted by atomic mass is 32.2. The van der Waals surface area contributed by atoms with Crippen LogP contribution < -0.4 is 5.32 Å². The zero-order valence-corrected chi connectivity index (χ0v) is 12.0. The third kappa shape index (κ3) is 3.89. The van der Waals surface area contributed by atoms with Crippen LogP contribution in [0.15, 0.2) is 6.20 Å². The van der Waals surface area contributed by atoms with Crippen LogP contribution in [0.25, 0.3) is 0 Å². The number of carbonyl (C=O) groups excluding carboxylic acids is 1. The molecular weight excluding hydrogens is 295 g/mol. The Labute approximate surface area is 118 Å². The maximum Gasteiger partial charge on any atom is 0.435 e. The number of aromatic nitrogens is 2. The molecule has 0 saturated heterocycles. The number of alkyl halides is 3. The Morgan fingerprint density at radius 1 is 1.60 bits per heavy atom. The molecule has 0 radical (unpaired) electrons. The van der Waals surface area contributed by atoms with Gasteiger partial charge in [-0.05, 0) is 13.2 Å². The SMILES string of the molecule is CSC(CO)C(C)NC(=O)c1cn(C)nc1C(F)(F)F. The fourth-order valence-electron chi connectivity index (χ4n) is 1.68. The molecule has 0 bridgehead atoms. The Morgan fingerprint density at radius 2 is 2.20 bits per heavy atom. The molecule has 5 nitrogen and oxygen atoms in total. The van der Waals surface area contributed by atoms with Gasteiger partial charge < -0.3 is 10.4 Å². The first-order chi connectivity index (χ1) is 9.20. The third-order valence-electron chi connectivity index (χ3n) is 2.74. The first-order valence-corrected chi connectivity index (χ1v) is 7.04. The quantitative estimate of drug-likeness (QED) is 0.860. The zero-order valence-electron chi connectivity index (χ0n) is 11.2. The average molecular weight is 311 g/mol. The number of aliphatic hydroxyl groups is 1. The van der Waals surface area contributed by atoms with Crippen LogP contribution in [0.4, 0.5) is 13.2 Å². The number of halogens is 3.